The highest BCUT2D eigenvalue weighted by Crippen LogP contribution is 2.15. The summed E-state index contributed by atoms with van der Waals surface area (Å²) in [6, 6.07) is 5.74. The highest BCUT2D eigenvalue weighted by molar-refractivity contribution is 7.09. The van der Waals surface area contributed by atoms with Gasteiger partial charge in [-0.2, -0.15) is 0 Å². The van der Waals surface area contributed by atoms with E-state index in [4.69, 9.17) is 0 Å². The van der Waals surface area contributed by atoms with Crippen LogP contribution in [0.5, 0.6) is 0 Å². The van der Waals surface area contributed by atoms with Crippen molar-refractivity contribution in [2.24, 2.45) is 0 Å². The first-order valence-electron chi connectivity index (χ1n) is 6.71. The van der Waals surface area contributed by atoms with E-state index >= 15 is 0 Å². The number of rotatable bonds is 5. The van der Waals surface area contributed by atoms with E-state index in [0.717, 1.165) is 0 Å². The van der Waals surface area contributed by atoms with Crippen molar-refractivity contribution in [3.8, 4) is 0 Å². The van der Waals surface area contributed by atoms with Crippen molar-refractivity contribution >= 4 is 11.3 Å². The molecule has 0 saturated carbocycles. The standard InChI is InChI=1S/C14H24N2S/c1-12(10-14-7-5-9-17-14)16(2)11-13-6-3-4-8-15-13/h5,7,9,12-13,15H,3-4,6,8,10-11H2,1-2H3. The molecule has 1 aliphatic heterocycles. The van der Waals surface area contributed by atoms with Gasteiger partial charge in [-0.3, -0.25) is 0 Å². The number of hydrogen-bond donors (Lipinski definition) is 1. The second-order valence-corrected chi connectivity index (χ2v) is 6.25. The topological polar surface area (TPSA) is 15.3 Å². The van der Waals surface area contributed by atoms with Crippen LogP contribution in [-0.4, -0.2) is 37.1 Å². The molecule has 0 bridgehead atoms. The maximum absolute atomic E-state index is 3.62. The SMILES string of the molecule is CC(Cc1cccs1)N(C)CC1CCCCN1. The molecule has 1 aromatic rings. The number of hydrogen-bond acceptors (Lipinski definition) is 3. The highest BCUT2D eigenvalue weighted by Gasteiger charge is 2.17. The van der Waals surface area contributed by atoms with Gasteiger partial charge in [0.2, 0.25) is 0 Å². The van der Waals surface area contributed by atoms with E-state index in [1.165, 1.54) is 43.6 Å². The van der Waals surface area contributed by atoms with Gasteiger partial charge in [-0.05, 0) is 51.2 Å². The molecule has 3 heteroatoms. The number of likely N-dealkylation sites (N-methyl/N-ethyl adjacent to an activating group) is 1. The fourth-order valence-electron chi connectivity index (χ4n) is 2.48. The molecule has 1 fully saturated rings. The second kappa shape index (κ2) is 6.53. The van der Waals surface area contributed by atoms with Gasteiger partial charge >= 0.3 is 0 Å². The summed E-state index contributed by atoms with van der Waals surface area (Å²) in [7, 11) is 2.26. The molecule has 2 rings (SSSR count). The largest absolute Gasteiger partial charge is 0.313 e. The van der Waals surface area contributed by atoms with Crippen LogP contribution in [0.15, 0.2) is 17.5 Å². The first-order valence-corrected chi connectivity index (χ1v) is 7.59. The van der Waals surface area contributed by atoms with E-state index in [1.54, 1.807) is 0 Å². The van der Waals surface area contributed by atoms with Gasteiger partial charge in [-0.1, -0.05) is 12.5 Å². The van der Waals surface area contributed by atoms with Crippen LogP contribution in [0.2, 0.25) is 0 Å². The Morgan fingerprint density at radius 2 is 2.41 bits per heavy atom. The van der Waals surface area contributed by atoms with Crippen molar-refractivity contribution in [2.45, 2.75) is 44.7 Å². The molecule has 0 spiro atoms. The minimum Gasteiger partial charge on any atom is -0.313 e. The lowest BCUT2D eigenvalue weighted by Gasteiger charge is -2.31. The Morgan fingerprint density at radius 1 is 1.53 bits per heavy atom. The molecule has 0 aliphatic carbocycles. The van der Waals surface area contributed by atoms with E-state index < -0.39 is 0 Å². The zero-order valence-electron chi connectivity index (χ0n) is 11.0. The van der Waals surface area contributed by atoms with Crippen molar-refractivity contribution in [1.29, 1.82) is 0 Å². The summed E-state index contributed by atoms with van der Waals surface area (Å²) in [5.74, 6) is 0. The maximum atomic E-state index is 3.62. The summed E-state index contributed by atoms with van der Waals surface area (Å²) >= 11 is 1.87. The van der Waals surface area contributed by atoms with Crippen molar-refractivity contribution < 1.29 is 0 Å². The lowest BCUT2D eigenvalue weighted by atomic mass is 10.0. The molecule has 0 amide bonds. The second-order valence-electron chi connectivity index (χ2n) is 5.22. The van der Waals surface area contributed by atoms with E-state index in [2.05, 4.69) is 41.7 Å². The Morgan fingerprint density at radius 3 is 3.06 bits per heavy atom. The summed E-state index contributed by atoms with van der Waals surface area (Å²) in [5.41, 5.74) is 0. The Hall–Kier alpha value is -0.380. The van der Waals surface area contributed by atoms with Crippen LogP contribution in [-0.2, 0) is 6.42 Å². The van der Waals surface area contributed by atoms with Gasteiger partial charge in [-0.25, -0.2) is 0 Å². The first kappa shape index (κ1) is 13.1. The lowest BCUT2D eigenvalue weighted by Crippen LogP contribution is -2.45. The van der Waals surface area contributed by atoms with E-state index in [1.807, 2.05) is 11.3 Å². The molecule has 2 nitrogen and oxygen atoms in total. The van der Waals surface area contributed by atoms with Gasteiger partial charge in [0.25, 0.3) is 0 Å². The smallest absolute Gasteiger partial charge is 0.0195 e. The van der Waals surface area contributed by atoms with Gasteiger partial charge in [0.15, 0.2) is 0 Å². The van der Waals surface area contributed by atoms with Gasteiger partial charge in [-0.15, -0.1) is 11.3 Å². The predicted molar refractivity (Wildman–Crippen MR) is 75.8 cm³/mol. The van der Waals surface area contributed by atoms with Crippen LogP contribution < -0.4 is 5.32 Å². The molecule has 0 aromatic carbocycles. The van der Waals surface area contributed by atoms with Crippen molar-refractivity contribution in [3.05, 3.63) is 22.4 Å². The van der Waals surface area contributed by atoms with Crippen LogP contribution in [0.3, 0.4) is 0 Å². The summed E-state index contributed by atoms with van der Waals surface area (Å²) in [4.78, 5) is 4.00. The third-order valence-electron chi connectivity index (χ3n) is 3.75. The molecule has 1 N–H and O–H groups in total. The van der Waals surface area contributed by atoms with Gasteiger partial charge in [0.1, 0.15) is 0 Å². The average Bonchev–Trinajstić information content (AvgIpc) is 2.83. The zero-order valence-corrected chi connectivity index (χ0v) is 11.8. The Kier molecular flexibility index (Phi) is 5.01. The van der Waals surface area contributed by atoms with Crippen LogP contribution in [0.25, 0.3) is 0 Å². The molecule has 2 atom stereocenters. The minimum atomic E-state index is 0.636. The van der Waals surface area contributed by atoms with E-state index in [9.17, 15) is 0 Å². The molecule has 1 aromatic heterocycles. The number of piperidine rings is 1. The van der Waals surface area contributed by atoms with Crippen LogP contribution >= 0.6 is 11.3 Å². The normalized spacial score (nSPS) is 22.9. The van der Waals surface area contributed by atoms with Gasteiger partial charge in [0.05, 0.1) is 0 Å². The summed E-state index contributed by atoms with van der Waals surface area (Å²) in [6.07, 6.45) is 5.27. The van der Waals surface area contributed by atoms with Crippen molar-refractivity contribution in [3.63, 3.8) is 0 Å². The maximum Gasteiger partial charge on any atom is 0.0195 e. The third-order valence-corrected chi connectivity index (χ3v) is 4.65. The molecular weight excluding hydrogens is 228 g/mol. The van der Waals surface area contributed by atoms with Crippen LogP contribution in [0.4, 0.5) is 0 Å². The number of thiophene rings is 1. The quantitative estimate of drug-likeness (QED) is 0.867. The molecule has 96 valence electrons. The summed E-state index contributed by atoms with van der Waals surface area (Å²) in [6.45, 7) is 4.73. The van der Waals surface area contributed by atoms with Crippen molar-refractivity contribution in [2.75, 3.05) is 20.1 Å². The van der Waals surface area contributed by atoms with E-state index in [0.29, 0.717) is 12.1 Å². The Labute approximate surface area is 109 Å². The van der Waals surface area contributed by atoms with Gasteiger partial charge in [0, 0.05) is 23.5 Å². The first-order chi connectivity index (χ1) is 8.25. The Bertz CT molecular complexity index is 304. The number of nitrogens with zero attached hydrogens (tertiary/aromatic N) is 1. The monoisotopic (exact) mass is 252 g/mol. The molecule has 2 heterocycles. The van der Waals surface area contributed by atoms with Crippen molar-refractivity contribution in [1.82, 2.24) is 10.2 Å². The van der Waals surface area contributed by atoms with Gasteiger partial charge < -0.3 is 10.2 Å². The average molecular weight is 252 g/mol. The molecule has 2 unspecified atom stereocenters. The van der Waals surface area contributed by atoms with E-state index in [-0.39, 0.29) is 0 Å². The molecule has 17 heavy (non-hydrogen) atoms. The third kappa shape index (κ3) is 4.09. The molecular formula is C14H24N2S. The van der Waals surface area contributed by atoms with Crippen LogP contribution in [0.1, 0.15) is 31.1 Å². The molecule has 1 aliphatic rings. The predicted octanol–water partition coefficient (Wildman–Crippen LogP) is 2.75. The Balaban J connectivity index is 1.76. The zero-order chi connectivity index (χ0) is 12.1. The number of nitrogens with one attached hydrogen (secondary N) is 1. The lowest BCUT2D eigenvalue weighted by molar-refractivity contribution is 0.212. The molecule has 0 radical (unpaired) electrons. The minimum absolute atomic E-state index is 0.636. The summed E-state index contributed by atoms with van der Waals surface area (Å²) in [5, 5.41) is 5.80. The molecule has 1 saturated heterocycles. The van der Waals surface area contributed by atoms with Crippen LogP contribution in [0, 0.1) is 0 Å². The summed E-state index contributed by atoms with van der Waals surface area (Å²) < 4.78 is 0. The fourth-order valence-corrected chi connectivity index (χ4v) is 3.31. The fraction of sp³-hybridized carbons (Fsp3) is 0.714. The highest BCUT2D eigenvalue weighted by atomic mass is 32.1.